The molecule has 2 N–H and O–H groups in total. The van der Waals surface area contributed by atoms with Crippen LogP contribution in [0.1, 0.15) is 52.5 Å². The van der Waals surface area contributed by atoms with Crippen molar-refractivity contribution in [3.63, 3.8) is 0 Å². The maximum absolute atomic E-state index is 13.3. The molecule has 0 bridgehead atoms. The fourth-order valence-corrected chi connectivity index (χ4v) is 7.05. The maximum atomic E-state index is 13.3. The molecule has 2 aromatic heterocycles. The Kier molecular flexibility index (Phi) is 8.48. The molecule has 0 unspecified atom stereocenters. The number of halogens is 1. The van der Waals surface area contributed by atoms with Crippen LogP contribution in [0.5, 0.6) is 11.5 Å². The molecular formula is C35H43FN8O3. The number of aromatic nitrogens is 4. The minimum absolute atomic E-state index is 0.205. The first-order chi connectivity index (χ1) is 22.6. The van der Waals surface area contributed by atoms with Crippen LogP contribution in [0, 0.1) is 5.82 Å². The van der Waals surface area contributed by atoms with E-state index in [2.05, 4.69) is 24.4 Å². The molecule has 0 aliphatic carbocycles. The third-order valence-corrected chi connectivity index (χ3v) is 9.59. The van der Waals surface area contributed by atoms with E-state index in [1.54, 1.807) is 12.1 Å². The topological polar surface area (TPSA) is 115 Å². The average molecular weight is 643 g/mol. The van der Waals surface area contributed by atoms with Crippen molar-refractivity contribution in [1.82, 2.24) is 34.4 Å². The number of rotatable bonds is 6. The summed E-state index contributed by atoms with van der Waals surface area (Å²) in [5, 5.41) is 5.84. The van der Waals surface area contributed by atoms with E-state index >= 15 is 0 Å². The highest BCUT2D eigenvalue weighted by molar-refractivity contribution is 5.98. The smallest absolute Gasteiger partial charge is 0.410 e. The third-order valence-electron chi connectivity index (χ3n) is 9.59. The number of nitrogen functional groups attached to an aromatic ring is 1. The molecule has 1 amide bonds. The number of nitrogens with zero attached hydrogens (tertiary/aromatic N) is 7. The summed E-state index contributed by atoms with van der Waals surface area (Å²) in [5.41, 5.74) is 8.34. The highest BCUT2D eigenvalue weighted by Crippen LogP contribution is 2.36. The molecule has 2 aromatic carbocycles. The van der Waals surface area contributed by atoms with E-state index in [4.69, 9.17) is 20.3 Å². The lowest BCUT2D eigenvalue weighted by molar-refractivity contribution is -0.0259. The van der Waals surface area contributed by atoms with Gasteiger partial charge in [0.25, 0.3) is 0 Å². The number of fused-ring (bicyclic) bond motifs is 1. The van der Waals surface area contributed by atoms with Crippen LogP contribution in [0.15, 0.2) is 54.9 Å². The van der Waals surface area contributed by atoms with E-state index in [-0.39, 0.29) is 18.0 Å². The van der Waals surface area contributed by atoms with E-state index in [1.807, 2.05) is 49.9 Å². The number of likely N-dealkylation sites (tertiary alicyclic amines) is 3. The second kappa shape index (κ2) is 12.7. The van der Waals surface area contributed by atoms with Crippen LogP contribution in [0.2, 0.25) is 0 Å². The minimum atomic E-state index is -0.460. The van der Waals surface area contributed by atoms with E-state index in [1.165, 1.54) is 18.5 Å². The van der Waals surface area contributed by atoms with Crippen molar-refractivity contribution < 1.29 is 18.7 Å². The van der Waals surface area contributed by atoms with Gasteiger partial charge in [0.1, 0.15) is 40.8 Å². The molecule has 3 fully saturated rings. The highest BCUT2D eigenvalue weighted by Gasteiger charge is 2.39. The van der Waals surface area contributed by atoms with Crippen molar-refractivity contribution in [3.8, 4) is 22.8 Å². The number of benzene rings is 2. The summed E-state index contributed by atoms with van der Waals surface area (Å²) in [6, 6.07) is 14.8. The number of ether oxygens (including phenoxy) is 2. The molecule has 5 heterocycles. The van der Waals surface area contributed by atoms with Gasteiger partial charge in [-0.25, -0.2) is 23.8 Å². The van der Waals surface area contributed by atoms with E-state index < -0.39 is 5.60 Å². The van der Waals surface area contributed by atoms with Crippen LogP contribution in [-0.4, -0.2) is 97.5 Å². The average Bonchev–Trinajstić information content (AvgIpc) is 3.42. The van der Waals surface area contributed by atoms with Crippen LogP contribution in [-0.2, 0) is 4.74 Å². The van der Waals surface area contributed by atoms with Gasteiger partial charge in [0.05, 0.1) is 11.4 Å². The van der Waals surface area contributed by atoms with Gasteiger partial charge in [-0.05, 0) is 95.0 Å². The summed E-state index contributed by atoms with van der Waals surface area (Å²) in [6.45, 7) is 11.4. The Morgan fingerprint density at radius 2 is 1.40 bits per heavy atom. The SMILES string of the molecule is CC(C)(C)OC(=O)N1CC(N2CCC(N3CCC(n4nc(-c5ccc(Oc6ccc(F)cc6)cc5)c5c(N)ncnc54)CC3)CC2)C1. The van der Waals surface area contributed by atoms with E-state index in [9.17, 15) is 9.18 Å². The van der Waals surface area contributed by atoms with Gasteiger partial charge < -0.3 is 25.0 Å². The van der Waals surface area contributed by atoms with Crippen molar-refractivity contribution in [1.29, 1.82) is 0 Å². The first-order valence-electron chi connectivity index (χ1n) is 16.6. The molecule has 7 rings (SSSR count). The van der Waals surface area contributed by atoms with Crippen LogP contribution in [0.25, 0.3) is 22.3 Å². The van der Waals surface area contributed by atoms with Gasteiger partial charge in [-0.2, -0.15) is 5.10 Å². The van der Waals surface area contributed by atoms with Gasteiger partial charge in [0.2, 0.25) is 0 Å². The van der Waals surface area contributed by atoms with Crippen LogP contribution in [0.3, 0.4) is 0 Å². The number of nitrogens with two attached hydrogens (primary N) is 1. The number of carbonyl (C=O) groups excluding carboxylic acids is 1. The molecule has 3 saturated heterocycles. The predicted molar refractivity (Wildman–Crippen MR) is 178 cm³/mol. The zero-order chi connectivity index (χ0) is 32.7. The van der Waals surface area contributed by atoms with Crippen molar-refractivity contribution in [2.75, 3.05) is 45.0 Å². The quantitative estimate of drug-likeness (QED) is 0.282. The Morgan fingerprint density at radius 3 is 2.02 bits per heavy atom. The minimum Gasteiger partial charge on any atom is -0.457 e. The fraction of sp³-hybridized carbons (Fsp3) is 0.486. The van der Waals surface area contributed by atoms with Crippen molar-refractivity contribution in [2.24, 2.45) is 0 Å². The molecule has 11 nitrogen and oxygen atoms in total. The van der Waals surface area contributed by atoms with Gasteiger partial charge in [-0.15, -0.1) is 0 Å². The molecule has 4 aromatic rings. The van der Waals surface area contributed by atoms with Crippen LogP contribution < -0.4 is 10.5 Å². The lowest BCUT2D eigenvalue weighted by atomic mass is 9.96. The summed E-state index contributed by atoms with van der Waals surface area (Å²) < 4.78 is 26.7. The predicted octanol–water partition coefficient (Wildman–Crippen LogP) is 5.73. The number of amides is 1. The van der Waals surface area contributed by atoms with Gasteiger partial charge >= 0.3 is 6.09 Å². The Bertz CT molecular complexity index is 1700. The lowest BCUT2D eigenvalue weighted by Crippen LogP contribution is -2.63. The molecule has 47 heavy (non-hydrogen) atoms. The first-order valence-corrected chi connectivity index (χ1v) is 16.6. The number of piperidine rings is 2. The Hall–Kier alpha value is -4.29. The summed E-state index contributed by atoms with van der Waals surface area (Å²) in [4.78, 5) is 28.3. The number of hydrogen-bond acceptors (Lipinski definition) is 9. The number of carbonyl (C=O) groups is 1. The first kappa shape index (κ1) is 31.3. The summed E-state index contributed by atoms with van der Waals surface area (Å²) >= 11 is 0. The fourth-order valence-electron chi connectivity index (χ4n) is 7.05. The maximum Gasteiger partial charge on any atom is 0.410 e. The van der Waals surface area contributed by atoms with E-state index in [0.717, 1.165) is 87.2 Å². The van der Waals surface area contributed by atoms with Gasteiger partial charge in [-0.1, -0.05) is 0 Å². The van der Waals surface area contributed by atoms with Gasteiger partial charge in [-0.3, -0.25) is 4.90 Å². The Balaban J connectivity index is 0.961. The second-order valence-electron chi connectivity index (χ2n) is 13.9. The molecule has 0 spiro atoms. The largest absolute Gasteiger partial charge is 0.457 e. The van der Waals surface area contributed by atoms with Crippen molar-refractivity contribution in [3.05, 3.63) is 60.7 Å². The van der Waals surface area contributed by atoms with Crippen LogP contribution in [0.4, 0.5) is 15.0 Å². The molecule has 12 heteroatoms. The standard InChI is InChI=1S/C35H43FN8O3/c1-35(2,3)47-34(45)43-20-27(21-43)42-16-12-25(13-17-42)41-18-14-26(15-19-41)44-33-30(32(37)38-22-39-33)31(40-44)23-4-8-28(9-5-23)46-29-10-6-24(36)7-11-29/h4-11,22,25-27H,12-21H2,1-3H3,(H2,37,38,39). The highest BCUT2D eigenvalue weighted by atomic mass is 19.1. The zero-order valence-electron chi connectivity index (χ0n) is 27.3. The number of anilines is 1. The summed E-state index contributed by atoms with van der Waals surface area (Å²) in [5.74, 6) is 1.31. The third kappa shape index (κ3) is 6.75. The summed E-state index contributed by atoms with van der Waals surface area (Å²) in [7, 11) is 0. The van der Waals surface area contributed by atoms with Crippen molar-refractivity contribution >= 4 is 22.9 Å². The number of hydrogen-bond donors (Lipinski definition) is 1. The Labute approximate surface area is 274 Å². The second-order valence-corrected chi connectivity index (χ2v) is 13.9. The molecule has 3 aliphatic heterocycles. The molecule has 0 radical (unpaired) electrons. The molecule has 3 aliphatic rings. The molecule has 0 atom stereocenters. The summed E-state index contributed by atoms with van der Waals surface area (Å²) in [6.07, 6.45) is 5.57. The van der Waals surface area contributed by atoms with Crippen LogP contribution >= 0.6 is 0 Å². The molecule has 248 valence electrons. The van der Waals surface area contributed by atoms with Gasteiger partial charge in [0.15, 0.2) is 5.65 Å². The molecular weight excluding hydrogens is 599 g/mol. The normalized spacial score (nSPS) is 19.2. The van der Waals surface area contributed by atoms with Gasteiger partial charge in [0, 0.05) is 56.9 Å². The molecule has 0 saturated carbocycles. The van der Waals surface area contributed by atoms with Crippen molar-refractivity contribution in [2.45, 2.75) is 70.2 Å². The monoisotopic (exact) mass is 642 g/mol. The lowest BCUT2D eigenvalue weighted by Gasteiger charge is -2.49. The Morgan fingerprint density at radius 1 is 0.830 bits per heavy atom. The van der Waals surface area contributed by atoms with E-state index in [0.29, 0.717) is 29.4 Å². The zero-order valence-corrected chi connectivity index (χ0v) is 27.3.